The number of aryl methyl sites for hydroxylation is 1. The van der Waals surface area contributed by atoms with Gasteiger partial charge in [-0.15, -0.1) is 0 Å². The topological polar surface area (TPSA) is 68.4 Å². The summed E-state index contributed by atoms with van der Waals surface area (Å²) in [5.41, 5.74) is 5.96. The highest BCUT2D eigenvalue weighted by atomic mass is 79.9. The maximum absolute atomic E-state index is 13.2. The Balaban J connectivity index is 1.42. The molecular weight excluding hydrogens is 432 g/mol. The minimum Gasteiger partial charge on any atom is -0.357 e. The molecule has 1 fully saturated rings. The molecule has 3 aromatic rings. The van der Waals surface area contributed by atoms with E-state index in [2.05, 4.69) is 32.3 Å². The van der Waals surface area contributed by atoms with E-state index in [1.54, 1.807) is 4.90 Å². The quantitative estimate of drug-likeness (QED) is 0.617. The minimum absolute atomic E-state index is 0.0283. The molecular formula is C22H21BrN4O2. The smallest absolute Gasteiger partial charge is 0.322 e. The lowest BCUT2D eigenvalue weighted by Gasteiger charge is -2.28. The number of para-hydroxylation sites is 1. The van der Waals surface area contributed by atoms with Crippen molar-refractivity contribution in [1.82, 2.24) is 15.2 Å². The molecule has 0 aliphatic carbocycles. The summed E-state index contributed by atoms with van der Waals surface area (Å²) in [6, 6.07) is 11.7. The maximum atomic E-state index is 13.2. The maximum Gasteiger partial charge on any atom is 0.322 e. The zero-order valence-electron chi connectivity index (χ0n) is 16.1. The van der Waals surface area contributed by atoms with Gasteiger partial charge in [-0.1, -0.05) is 12.1 Å². The van der Waals surface area contributed by atoms with E-state index >= 15 is 0 Å². The predicted molar refractivity (Wildman–Crippen MR) is 116 cm³/mol. The first-order valence-electron chi connectivity index (χ1n) is 9.76. The summed E-state index contributed by atoms with van der Waals surface area (Å²) < 4.78 is 1.04. The van der Waals surface area contributed by atoms with Crippen LogP contribution in [0.25, 0.3) is 10.9 Å². The molecule has 0 unspecified atom stereocenters. The van der Waals surface area contributed by atoms with Crippen LogP contribution in [0.15, 0.2) is 40.9 Å². The van der Waals surface area contributed by atoms with E-state index < -0.39 is 0 Å². The number of anilines is 1. The molecule has 1 saturated heterocycles. The summed E-state index contributed by atoms with van der Waals surface area (Å²) in [5, 5.41) is 3.98. The number of halogens is 1. The molecule has 0 saturated carbocycles. The summed E-state index contributed by atoms with van der Waals surface area (Å²) in [4.78, 5) is 32.3. The molecule has 2 aliphatic rings. The Morgan fingerprint density at radius 2 is 2.03 bits per heavy atom. The van der Waals surface area contributed by atoms with Crippen LogP contribution in [0.3, 0.4) is 0 Å². The van der Waals surface area contributed by atoms with Crippen molar-refractivity contribution in [1.29, 1.82) is 0 Å². The number of urea groups is 1. The third-order valence-electron chi connectivity index (χ3n) is 5.84. The van der Waals surface area contributed by atoms with Crippen LogP contribution in [0.1, 0.15) is 27.2 Å². The number of nitrogens with one attached hydrogen (secondary N) is 2. The summed E-state index contributed by atoms with van der Waals surface area (Å²) in [6.07, 6.45) is 0.813. The number of aromatic nitrogens is 1. The van der Waals surface area contributed by atoms with Gasteiger partial charge in [0.05, 0.1) is 5.52 Å². The number of carbonyl (C=O) groups excluding carboxylic acids is 2. The SMILES string of the molecule is Cc1cc(C(=O)N2CCc3[nH]c4c(Br)cccc4c3C2)ccc1N1CCNC1=O. The molecule has 3 amide bonds. The van der Waals surface area contributed by atoms with E-state index in [0.717, 1.165) is 27.7 Å². The van der Waals surface area contributed by atoms with Gasteiger partial charge in [-0.2, -0.15) is 0 Å². The predicted octanol–water partition coefficient (Wildman–Crippen LogP) is 3.97. The van der Waals surface area contributed by atoms with Crippen molar-refractivity contribution < 1.29 is 9.59 Å². The molecule has 0 bridgehead atoms. The Labute approximate surface area is 177 Å². The molecule has 0 spiro atoms. The highest BCUT2D eigenvalue weighted by molar-refractivity contribution is 9.10. The third kappa shape index (κ3) is 3.00. The molecule has 0 atom stereocenters. The number of hydrogen-bond donors (Lipinski definition) is 2. The fourth-order valence-electron chi connectivity index (χ4n) is 4.35. The molecule has 2 aromatic carbocycles. The van der Waals surface area contributed by atoms with Crippen molar-refractivity contribution >= 4 is 44.5 Å². The van der Waals surface area contributed by atoms with Crippen molar-refractivity contribution in [3.05, 3.63) is 63.3 Å². The molecule has 0 radical (unpaired) electrons. The molecule has 148 valence electrons. The van der Waals surface area contributed by atoms with Crippen molar-refractivity contribution in [2.45, 2.75) is 19.9 Å². The Morgan fingerprint density at radius 3 is 2.79 bits per heavy atom. The van der Waals surface area contributed by atoms with E-state index in [1.165, 1.54) is 16.6 Å². The van der Waals surface area contributed by atoms with E-state index in [1.807, 2.05) is 42.2 Å². The van der Waals surface area contributed by atoms with Gasteiger partial charge in [0, 0.05) is 65.0 Å². The van der Waals surface area contributed by atoms with Crippen LogP contribution in [0.4, 0.5) is 10.5 Å². The van der Waals surface area contributed by atoms with Gasteiger partial charge in [-0.25, -0.2) is 4.79 Å². The highest BCUT2D eigenvalue weighted by Gasteiger charge is 2.27. The van der Waals surface area contributed by atoms with Crippen molar-refractivity contribution in [3.8, 4) is 0 Å². The van der Waals surface area contributed by atoms with Crippen molar-refractivity contribution in [2.75, 3.05) is 24.5 Å². The monoisotopic (exact) mass is 452 g/mol. The number of carbonyl (C=O) groups is 2. The van der Waals surface area contributed by atoms with Crippen LogP contribution in [-0.2, 0) is 13.0 Å². The first-order chi connectivity index (χ1) is 14.0. The molecule has 7 heteroatoms. The van der Waals surface area contributed by atoms with Crippen LogP contribution in [0.5, 0.6) is 0 Å². The minimum atomic E-state index is -0.0822. The fraction of sp³-hybridized carbons (Fsp3) is 0.273. The van der Waals surface area contributed by atoms with Crippen LogP contribution in [0.2, 0.25) is 0 Å². The summed E-state index contributed by atoms with van der Waals surface area (Å²) in [6.45, 7) is 4.53. The van der Waals surface area contributed by atoms with Gasteiger partial charge in [-0.3, -0.25) is 9.69 Å². The molecule has 5 rings (SSSR count). The number of benzene rings is 2. The standard InChI is InChI=1S/C22H21BrN4O2/c1-13-11-14(5-6-19(13)27-10-8-24-22(27)29)21(28)26-9-7-18-16(12-26)15-3-2-4-17(23)20(15)25-18/h2-6,11,25H,7-10,12H2,1H3,(H,24,29). The first kappa shape index (κ1) is 18.2. The van der Waals surface area contributed by atoms with Crippen LogP contribution in [0, 0.1) is 6.92 Å². The van der Waals surface area contributed by atoms with Gasteiger partial charge in [0.25, 0.3) is 5.91 Å². The number of aromatic amines is 1. The van der Waals surface area contributed by atoms with E-state index in [4.69, 9.17) is 0 Å². The normalized spacial score (nSPS) is 16.3. The third-order valence-corrected chi connectivity index (χ3v) is 6.50. The zero-order chi connectivity index (χ0) is 20.1. The van der Waals surface area contributed by atoms with Crippen molar-refractivity contribution in [3.63, 3.8) is 0 Å². The summed E-state index contributed by atoms with van der Waals surface area (Å²) in [5.74, 6) is 0.0283. The molecule has 3 heterocycles. The number of fused-ring (bicyclic) bond motifs is 3. The lowest BCUT2D eigenvalue weighted by atomic mass is 10.0. The average Bonchev–Trinajstić information content (AvgIpc) is 3.31. The number of H-pyrrole nitrogens is 1. The molecule has 29 heavy (non-hydrogen) atoms. The summed E-state index contributed by atoms with van der Waals surface area (Å²) >= 11 is 3.61. The highest BCUT2D eigenvalue weighted by Crippen LogP contribution is 2.32. The van der Waals surface area contributed by atoms with Crippen molar-refractivity contribution in [2.24, 2.45) is 0 Å². The fourth-order valence-corrected chi connectivity index (χ4v) is 4.82. The zero-order valence-corrected chi connectivity index (χ0v) is 17.7. The molecule has 2 aliphatic heterocycles. The molecule has 1 aromatic heterocycles. The largest absolute Gasteiger partial charge is 0.357 e. The molecule has 2 N–H and O–H groups in total. The number of amides is 3. The Kier molecular flexibility index (Phi) is 4.35. The second-order valence-corrected chi connectivity index (χ2v) is 8.46. The van der Waals surface area contributed by atoms with Gasteiger partial charge in [-0.05, 0) is 52.7 Å². The van der Waals surface area contributed by atoms with Gasteiger partial charge in [0.2, 0.25) is 0 Å². The molecule has 6 nitrogen and oxygen atoms in total. The second kappa shape index (κ2) is 6.91. The average molecular weight is 453 g/mol. The Bertz CT molecular complexity index is 1150. The first-order valence-corrected chi connectivity index (χ1v) is 10.6. The van der Waals surface area contributed by atoms with E-state index in [9.17, 15) is 9.59 Å². The number of rotatable bonds is 2. The van der Waals surface area contributed by atoms with E-state index in [0.29, 0.717) is 31.7 Å². The van der Waals surface area contributed by atoms with Gasteiger partial charge < -0.3 is 15.2 Å². The van der Waals surface area contributed by atoms with Crippen LogP contribution >= 0.6 is 15.9 Å². The van der Waals surface area contributed by atoms with E-state index in [-0.39, 0.29) is 11.9 Å². The lowest BCUT2D eigenvalue weighted by molar-refractivity contribution is 0.0735. The Morgan fingerprint density at radius 1 is 1.17 bits per heavy atom. The number of hydrogen-bond acceptors (Lipinski definition) is 2. The van der Waals surface area contributed by atoms with Crippen LogP contribution < -0.4 is 10.2 Å². The second-order valence-electron chi connectivity index (χ2n) is 7.61. The van der Waals surface area contributed by atoms with Crippen LogP contribution in [-0.4, -0.2) is 41.5 Å². The van der Waals surface area contributed by atoms with Gasteiger partial charge in [0.1, 0.15) is 0 Å². The lowest BCUT2D eigenvalue weighted by Crippen LogP contribution is -2.36. The van der Waals surface area contributed by atoms with Gasteiger partial charge in [0.15, 0.2) is 0 Å². The number of nitrogens with zero attached hydrogens (tertiary/aromatic N) is 2. The summed E-state index contributed by atoms with van der Waals surface area (Å²) in [7, 11) is 0. The van der Waals surface area contributed by atoms with Gasteiger partial charge >= 0.3 is 6.03 Å². The Hall–Kier alpha value is -2.80.